The lowest BCUT2D eigenvalue weighted by atomic mass is 9.70. The Kier molecular flexibility index (Phi) is 3.47. The van der Waals surface area contributed by atoms with Gasteiger partial charge in [0, 0.05) is 17.2 Å². The van der Waals surface area contributed by atoms with Gasteiger partial charge in [-0.3, -0.25) is 15.0 Å². The highest BCUT2D eigenvalue weighted by molar-refractivity contribution is 6.04. The van der Waals surface area contributed by atoms with Gasteiger partial charge in [0.2, 0.25) is 0 Å². The number of ketones is 1. The van der Waals surface area contributed by atoms with Gasteiger partial charge < -0.3 is 10.5 Å². The second-order valence-corrected chi connectivity index (χ2v) is 7.19. The second kappa shape index (κ2) is 5.11. The number of aromatic hydroxyl groups is 1. The topological polar surface area (TPSA) is 78.4 Å². The molecule has 1 aromatic rings. The van der Waals surface area contributed by atoms with Crippen LogP contribution in [-0.4, -0.2) is 16.8 Å². The predicted molar refractivity (Wildman–Crippen MR) is 86.4 cm³/mol. The standard InChI is InChI=1S/C18H22N2O3/c1-17(2)13-8-9-18(17,3)15(22)12(13)10-19-20-16(23)11-6-4-5-7-14(11)21/h4-7,10,13,19,21H,8-9H2,1-3H3,(H,20,23). The average Bonchev–Trinajstić information content (AvgIpc) is 2.81. The number of benzene rings is 1. The Bertz CT molecular complexity index is 708. The zero-order valence-electron chi connectivity index (χ0n) is 13.6. The fourth-order valence-corrected chi connectivity index (χ4v) is 4.01. The molecule has 2 atom stereocenters. The van der Waals surface area contributed by atoms with Crippen LogP contribution < -0.4 is 10.9 Å². The lowest BCUT2D eigenvalue weighted by Crippen LogP contribution is -2.35. The number of amides is 1. The molecule has 2 unspecified atom stereocenters. The van der Waals surface area contributed by atoms with Crippen LogP contribution in [-0.2, 0) is 4.79 Å². The molecule has 0 radical (unpaired) electrons. The fraction of sp³-hybridized carbons (Fsp3) is 0.444. The van der Waals surface area contributed by atoms with Crippen molar-refractivity contribution < 1.29 is 14.7 Å². The molecule has 5 nitrogen and oxygen atoms in total. The Labute approximate surface area is 135 Å². The lowest BCUT2D eigenvalue weighted by molar-refractivity contribution is -0.125. The zero-order chi connectivity index (χ0) is 16.8. The molecular formula is C18H22N2O3. The highest BCUT2D eigenvalue weighted by atomic mass is 16.3. The maximum Gasteiger partial charge on any atom is 0.273 e. The summed E-state index contributed by atoms with van der Waals surface area (Å²) in [6.07, 6.45) is 3.53. The molecule has 0 heterocycles. The van der Waals surface area contributed by atoms with Crippen molar-refractivity contribution in [2.75, 3.05) is 0 Å². The molecule has 3 N–H and O–H groups in total. The number of phenols is 1. The van der Waals surface area contributed by atoms with E-state index in [0.29, 0.717) is 0 Å². The van der Waals surface area contributed by atoms with Crippen LogP contribution in [0.15, 0.2) is 36.0 Å². The molecule has 2 saturated carbocycles. The van der Waals surface area contributed by atoms with Crippen molar-refractivity contribution in [2.45, 2.75) is 33.6 Å². The van der Waals surface area contributed by atoms with Crippen molar-refractivity contribution in [2.24, 2.45) is 16.7 Å². The minimum Gasteiger partial charge on any atom is -0.507 e. The van der Waals surface area contributed by atoms with E-state index in [1.807, 2.05) is 6.92 Å². The number of phenolic OH excluding ortho intramolecular Hbond substituents is 1. The maximum atomic E-state index is 12.6. The van der Waals surface area contributed by atoms with Crippen molar-refractivity contribution in [1.82, 2.24) is 10.9 Å². The summed E-state index contributed by atoms with van der Waals surface area (Å²) in [6, 6.07) is 6.32. The summed E-state index contributed by atoms with van der Waals surface area (Å²) in [5.41, 5.74) is 5.81. The number of hydrogen-bond donors (Lipinski definition) is 3. The molecule has 3 rings (SSSR count). The van der Waals surface area contributed by atoms with Gasteiger partial charge >= 0.3 is 0 Å². The van der Waals surface area contributed by atoms with Crippen molar-refractivity contribution in [1.29, 1.82) is 0 Å². The first-order valence-corrected chi connectivity index (χ1v) is 7.88. The van der Waals surface area contributed by atoms with Gasteiger partial charge in [0.15, 0.2) is 5.78 Å². The number of Topliss-reactive ketones (excluding diaryl/α,β-unsaturated/α-hetero) is 1. The van der Waals surface area contributed by atoms with Crippen LogP contribution in [0.3, 0.4) is 0 Å². The van der Waals surface area contributed by atoms with Gasteiger partial charge in [-0.25, -0.2) is 0 Å². The van der Waals surface area contributed by atoms with Crippen LogP contribution in [0.5, 0.6) is 5.75 Å². The van der Waals surface area contributed by atoms with E-state index < -0.39 is 5.91 Å². The van der Waals surface area contributed by atoms with Crippen LogP contribution in [0.4, 0.5) is 0 Å². The van der Waals surface area contributed by atoms with Crippen molar-refractivity contribution in [3.8, 4) is 5.75 Å². The quantitative estimate of drug-likeness (QED) is 0.592. The van der Waals surface area contributed by atoms with E-state index in [1.165, 1.54) is 12.1 Å². The molecule has 2 aliphatic carbocycles. The summed E-state index contributed by atoms with van der Waals surface area (Å²) in [7, 11) is 0. The number of allylic oxidation sites excluding steroid dienone is 1. The molecule has 23 heavy (non-hydrogen) atoms. The molecule has 0 aliphatic heterocycles. The molecule has 1 amide bonds. The number of rotatable bonds is 3. The Morgan fingerprint density at radius 3 is 2.61 bits per heavy atom. The Morgan fingerprint density at radius 2 is 2.00 bits per heavy atom. The van der Waals surface area contributed by atoms with E-state index in [9.17, 15) is 14.7 Å². The largest absolute Gasteiger partial charge is 0.507 e. The van der Waals surface area contributed by atoms with Crippen molar-refractivity contribution >= 4 is 11.7 Å². The first kappa shape index (κ1) is 15.6. The average molecular weight is 314 g/mol. The second-order valence-electron chi connectivity index (χ2n) is 7.19. The number of hydrazine groups is 1. The van der Waals surface area contributed by atoms with Crippen molar-refractivity contribution in [3.63, 3.8) is 0 Å². The molecule has 122 valence electrons. The molecule has 0 spiro atoms. The smallest absolute Gasteiger partial charge is 0.273 e. The van der Waals surface area contributed by atoms with Crippen LogP contribution in [0.1, 0.15) is 44.0 Å². The van der Waals surface area contributed by atoms with Gasteiger partial charge in [-0.15, -0.1) is 0 Å². The van der Waals surface area contributed by atoms with Gasteiger partial charge in [0.05, 0.1) is 5.56 Å². The Morgan fingerprint density at radius 1 is 1.30 bits per heavy atom. The highest BCUT2D eigenvalue weighted by Gasteiger charge is 2.63. The summed E-state index contributed by atoms with van der Waals surface area (Å²) in [4.78, 5) is 24.7. The summed E-state index contributed by atoms with van der Waals surface area (Å²) in [5, 5.41) is 9.66. The summed E-state index contributed by atoms with van der Waals surface area (Å²) in [5.74, 6) is -0.136. The first-order valence-electron chi connectivity index (χ1n) is 7.88. The third-order valence-electron chi connectivity index (χ3n) is 5.93. The Balaban J connectivity index is 1.72. The monoisotopic (exact) mass is 314 g/mol. The van der Waals surface area contributed by atoms with E-state index >= 15 is 0 Å². The van der Waals surface area contributed by atoms with Crippen LogP contribution >= 0.6 is 0 Å². The number of nitrogens with one attached hydrogen (secondary N) is 2. The number of carbonyl (C=O) groups is 2. The van der Waals surface area contributed by atoms with E-state index in [-0.39, 0.29) is 33.8 Å². The molecule has 1 aromatic carbocycles. The number of para-hydroxylation sites is 1. The van der Waals surface area contributed by atoms with Crippen molar-refractivity contribution in [3.05, 3.63) is 41.6 Å². The minimum absolute atomic E-state index is 0.0562. The van der Waals surface area contributed by atoms with Gasteiger partial charge in [-0.1, -0.05) is 32.9 Å². The van der Waals surface area contributed by atoms with Gasteiger partial charge in [-0.05, 0) is 36.3 Å². The summed E-state index contributed by atoms with van der Waals surface area (Å²) in [6.45, 7) is 6.32. The summed E-state index contributed by atoms with van der Waals surface area (Å²) >= 11 is 0. The summed E-state index contributed by atoms with van der Waals surface area (Å²) < 4.78 is 0. The molecular weight excluding hydrogens is 292 g/mol. The minimum atomic E-state index is -0.443. The molecule has 2 fully saturated rings. The molecule has 0 saturated heterocycles. The number of hydrogen-bond acceptors (Lipinski definition) is 4. The van der Waals surface area contributed by atoms with E-state index in [2.05, 4.69) is 24.7 Å². The maximum absolute atomic E-state index is 12.6. The van der Waals surface area contributed by atoms with Gasteiger partial charge in [-0.2, -0.15) is 0 Å². The normalized spacial score (nSPS) is 29.8. The molecule has 2 aliphatic rings. The molecule has 5 heteroatoms. The predicted octanol–water partition coefficient (Wildman–Crippen LogP) is 2.54. The van der Waals surface area contributed by atoms with E-state index in [1.54, 1.807) is 18.3 Å². The van der Waals surface area contributed by atoms with Crippen LogP contribution in [0.25, 0.3) is 0 Å². The lowest BCUT2D eigenvalue weighted by Gasteiger charge is -2.31. The highest BCUT2D eigenvalue weighted by Crippen LogP contribution is 2.65. The van der Waals surface area contributed by atoms with Gasteiger partial charge in [0.25, 0.3) is 5.91 Å². The van der Waals surface area contributed by atoms with E-state index in [4.69, 9.17) is 0 Å². The fourth-order valence-electron chi connectivity index (χ4n) is 4.01. The third-order valence-corrected chi connectivity index (χ3v) is 5.93. The number of carbonyl (C=O) groups excluding carboxylic acids is 2. The van der Waals surface area contributed by atoms with Gasteiger partial charge in [0.1, 0.15) is 5.75 Å². The van der Waals surface area contributed by atoms with Crippen LogP contribution in [0, 0.1) is 16.7 Å². The Hall–Kier alpha value is -2.30. The van der Waals surface area contributed by atoms with E-state index in [0.717, 1.165) is 18.4 Å². The SMILES string of the molecule is CC12CCC(C(=CNNC(=O)c3ccccc3O)C1=O)C2(C)C. The molecule has 2 bridgehead atoms. The molecule has 0 aromatic heterocycles. The zero-order valence-corrected chi connectivity index (χ0v) is 13.6. The third kappa shape index (κ3) is 2.14. The number of fused-ring (bicyclic) bond motifs is 2. The van der Waals surface area contributed by atoms with Crippen LogP contribution in [0.2, 0.25) is 0 Å². The first-order chi connectivity index (χ1) is 10.8.